The summed E-state index contributed by atoms with van der Waals surface area (Å²) < 4.78 is 0. The Balaban J connectivity index is 1.49. The van der Waals surface area contributed by atoms with Crippen LogP contribution in [-0.2, 0) is 11.3 Å². The summed E-state index contributed by atoms with van der Waals surface area (Å²) >= 11 is 0. The fourth-order valence-corrected chi connectivity index (χ4v) is 3.85. The van der Waals surface area contributed by atoms with E-state index in [1.165, 1.54) is 10.9 Å². The lowest BCUT2D eigenvalue weighted by atomic mass is 9.96. The maximum atomic E-state index is 12.5. The lowest BCUT2D eigenvalue weighted by molar-refractivity contribution is -0.126. The van der Waals surface area contributed by atoms with Gasteiger partial charge in [0.2, 0.25) is 5.91 Å². The minimum atomic E-state index is 0.148. The highest BCUT2D eigenvalue weighted by Gasteiger charge is 2.23. The maximum absolute atomic E-state index is 12.5. The van der Waals surface area contributed by atoms with Gasteiger partial charge in [-0.1, -0.05) is 12.1 Å². The molecule has 140 valence electrons. The van der Waals surface area contributed by atoms with Gasteiger partial charge < -0.3 is 15.2 Å². The third-order valence-corrected chi connectivity index (χ3v) is 5.60. The number of hydrogen-bond donors (Lipinski definition) is 2. The number of carbonyl (C=O) groups is 1. The lowest BCUT2D eigenvalue weighted by Crippen LogP contribution is -2.38. The molecule has 0 saturated carbocycles. The van der Waals surface area contributed by atoms with Gasteiger partial charge in [0, 0.05) is 29.6 Å². The van der Waals surface area contributed by atoms with Crippen molar-refractivity contribution in [1.82, 2.24) is 20.2 Å². The number of amides is 1. The SMILES string of the molecule is Cc1c(-c2ccccn2)[nH]c2ccc(CNC(=O)C3CCN(C)CC3)cc12. The maximum Gasteiger partial charge on any atom is 0.223 e. The van der Waals surface area contributed by atoms with Crippen LogP contribution in [-0.4, -0.2) is 40.9 Å². The molecular weight excluding hydrogens is 336 g/mol. The second kappa shape index (κ2) is 7.53. The van der Waals surface area contributed by atoms with Crippen LogP contribution in [0.4, 0.5) is 0 Å². The highest BCUT2D eigenvalue weighted by atomic mass is 16.1. The third-order valence-electron chi connectivity index (χ3n) is 5.60. The van der Waals surface area contributed by atoms with Crippen LogP contribution in [0.2, 0.25) is 0 Å². The van der Waals surface area contributed by atoms with E-state index in [4.69, 9.17) is 0 Å². The molecule has 0 atom stereocenters. The summed E-state index contributed by atoms with van der Waals surface area (Å²) in [6, 6.07) is 12.3. The van der Waals surface area contributed by atoms with E-state index in [1.807, 2.05) is 24.4 Å². The molecule has 0 radical (unpaired) electrons. The van der Waals surface area contributed by atoms with E-state index in [-0.39, 0.29) is 11.8 Å². The van der Waals surface area contributed by atoms with E-state index in [0.29, 0.717) is 6.54 Å². The molecule has 1 fully saturated rings. The quantitative estimate of drug-likeness (QED) is 0.747. The van der Waals surface area contributed by atoms with Gasteiger partial charge in [-0.2, -0.15) is 0 Å². The van der Waals surface area contributed by atoms with Crippen molar-refractivity contribution >= 4 is 16.8 Å². The first-order chi connectivity index (χ1) is 13.1. The summed E-state index contributed by atoms with van der Waals surface area (Å²) in [5, 5.41) is 4.31. The fraction of sp³-hybridized carbons (Fsp3) is 0.364. The number of aromatic amines is 1. The van der Waals surface area contributed by atoms with Crippen LogP contribution < -0.4 is 5.32 Å². The predicted octanol–water partition coefficient (Wildman–Crippen LogP) is 3.50. The van der Waals surface area contributed by atoms with Crippen molar-refractivity contribution in [3.63, 3.8) is 0 Å². The van der Waals surface area contributed by atoms with Crippen LogP contribution in [0.25, 0.3) is 22.3 Å². The van der Waals surface area contributed by atoms with E-state index in [9.17, 15) is 4.79 Å². The average molecular weight is 362 g/mol. The molecule has 4 rings (SSSR count). The van der Waals surface area contributed by atoms with Crippen molar-refractivity contribution in [3.8, 4) is 11.4 Å². The van der Waals surface area contributed by atoms with Gasteiger partial charge in [0.1, 0.15) is 0 Å². The number of likely N-dealkylation sites (tertiary alicyclic amines) is 1. The number of carbonyl (C=O) groups excluding carboxylic acids is 1. The van der Waals surface area contributed by atoms with Crippen LogP contribution in [0.5, 0.6) is 0 Å². The molecule has 0 unspecified atom stereocenters. The molecule has 5 nitrogen and oxygen atoms in total. The summed E-state index contributed by atoms with van der Waals surface area (Å²) in [6.07, 6.45) is 3.71. The van der Waals surface area contributed by atoms with Crippen molar-refractivity contribution in [2.24, 2.45) is 5.92 Å². The monoisotopic (exact) mass is 362 g/mol. The number of aromatic nitrogens is 2. The molecule has 2 aromatic heterocycles. The molecule has 3 aromatic rings. The summed E-state index contributed by atoms with van der Waals surface area (Å²) in [4.78, 5) is 22.7. The van der Waals surface area contributed by atoms with Crippen molar-refractivity contribution in [3.05, 3.63) is 53.7 Å². The molecule has 27 heavy (non-hydrogen) atoms. The normalized spacial score (nSPS) is 15.9. The highest BCUT2D eigenvalue weighted by molar-refractivity contribution is 5.90. The summed E-state index contributed by atoms with van der Waals surface area (Å²) in [5.74, 6) is 0.331. The molecule has 0 aliphatic carbocycles. The first kappa shape index (κ1) is 17.7. The van der Waals surface area contributed by atoms with Crippen molar-refractivity contribution in [2.75, 3.05) is 20.1 Å². The van der Waals surface area contributed by atoms with E-state index in [1.54, 1.807) is 0 Å². The predicted molar refractivity (Wildman–Crippen MR) is 108 cm³/mol. The number of rotatable bonds is 4. The Morgan fingerprint density at radius 3 is 2.81 bits per heavy atom. The molecule has 0 spiro atoms. The van der Waals surface area contributed by atoms with Gasteiger partial charge in [-0.15, -0.1) is 0 Å². The van der Waals surface area contributed by atoms with Gasteiger partial charge in [0.15, 0.2) is 0 Å². The number of fused-ring (bicyclic) bond motifs is 1. The molecule has 1 amide bonds. The Bertz CT molecular complexity index is 940. The Morgan fingerprint density at radius 2 is 2.07 bits per heavy atom. The van der Waals surface area contributed by atoms with E-state index in [2.05, 4.69) is 52.4 Å². The fourth-order valence-electron chi connectivity index (χ4n) is 3.85. The Labute approximate surface area is 159 Å². The van der Waals surface area contributed by atoms with Gasteiger partial charge in [0.05, 0.1) is 11.4 Å². The van der Waals surface area contributed by atoms with E-state index in [0.717, 1.165) is 48.4 Å². The molecule has 0 bridgehead atoms. The van der Waals surface area contributed by atoms with Crippen LogP contribution in [0.15, 0.2) is 42.6 Å². The highest BCUT2D eigenvalue weighted by Crippen LogP contribution is 2.29. The smallest absolute Gasteiger partial charge is 0.223 e. The Kier molecular flexibility index (Phi) is 4.94. The first-order valence-electron chi connectivity index (χ1n) is 9.60. The minimum Gasteiger partial charge on any atom is -0.353 e. The zero-order valence-corrected chi connectivity index (χ0v) is 16.0. The molecular formula is C22H26N4O. The van der Waals surface area contributed by atoms with Crippen LogP contribution in [0, 0.1) is 12.8 Å². The number of H-pyrrole nitrogens is 1. The van der Waals surface area contributed by atoms with Crippen molar-refractivity contribution in [2.45, 2.75) is 26.3 Å². The Hall–Kier alpha value is -2.66. The topological polar surface area (TPSA) is 61.0 Å². The zero-order valence-electron chi connectivity index (χ0n) is 16.0. The van der Waals surface area contributed by atoms with Gasteiger partial charge in [-0.3, -0.25) is 9.78 Å². The molecule has 1 aromatic carbocycles. The number of nitrogens with one attached hydrogen (secondary N) is 2. The largest absolute Gasteiger partial charge is 0.353 e. The summed E-state index contributed by atoms with van der Waals surface area (Å²) in [6.45, 7) is 4.69. The lowest BCUT2D eigenvalue weighted by Gasteiger charge is -2.28. The second-order valence-electron chi connectivity index (χ2n) is 7.52. The first-order valence-corrected chi connectivity index (χ1v) is 9.60. The number of nitrogens with zero attached hydrogens (tertiary/aromatic N) is 2. The average Bonchev–Trinajstić information content (AvgIpc) is 3.03. The third kappa shape index (κ3) is 3.74. The molecule has 1 saturated heterocycles. The van der Waals surface area contributed by atoms with E-state index >= 15 is 0 Å². The van der Waals surface area contributed by atoms with E-state index < -0.39 is 0 Å². The van der Waals surface area contributed by atoms with Crippen LogP contribution in [0.1, 0.15) is 24.0 Å². The number of hydrogen-bond acceptors (Lipinski definition) is 3. The number of aryl methyl sites for hydroxylation is 1. The summed E-state index contributed by atoms with van der Waals surface area (Å²) in [5.41, 5.74) is 5.41. The minimum absolute atomic E-state index is 0.148. The molecule has 1 aliphatic rings. The zero-order chi connectivity index (χ0) is 18.8. The van der Waals surface area contributed by atoms with Crippen LogP contribution in [0.3, 0.4) is 0 Å². The molecule has 3 heterocycles. The standard InChI is InChI=1S/C22H26N4O/c1-15-18-13-16(14-24-22(27)17-8-11-26(2)12-9-17)6-7-19(18)25-21(15)20-5-3-4-10-23-20/h3-7,10,13,17,25H,8-9,11-12,14H2,1-2H3,(H,24,27). The van der Waals surface area contributed by atoms with Gasteiger partial charge >= 0.3 is 0 Å². The molecule has 5 heteroatoms. The summed E-state index contributed by atoms with van der Waals surface area (Å²) in [7, 11) is 2.11. The van der Waals surface area contributed by atoms with Crippen molar-refractivity contribution in [1.29, 1.82) is 0 Å². The van der Waals surface area contributed by atoms with Crippen LogP contribution >= 0.6 is 0 Å². The number of piperidine rings is 1. The molecule has 1 aliphatic heterocycles. The second-order valence-corrected chi connectivity index (χ2v) is 7.52. The Morgan fingerprint density at radius 1 is 1.26 bits per heavy atom. The number of benzene rings is 1. The van der Waals surface area contributed by atoms with Gasteiger partial charge in [-0.05, 0) is 75.3 Å². The van der Waals surface area contributed by atoms with Gasteiger partial charge in [0.25, 0.3) is 0 Å². The molecule has 2 N–H and O–H groups in total. The van der Waals surface area contributed by atoms with Crippen molar-refractivity contribution < 1.29 is 4.79 Å². The number of pyridine rings is 1. The van der Waals surface area contributed by atoms with Gasteiger partial charge in [-0.25, -0.2) is 0 Å².